The van der Waals surface area contributed by atoms with E-state index in [0.717, 1.165) is 24.2 Å². The van der Waals surface area contributed by atoms with E-state index in [-0.39, 0.29) is 24.4 Å². The highest BCUT2D eigenvalue weighted by Gasteiger charge is 2.26. The summed E-state index contributed by atoms with van der Waals surface area (Å²) in [5.41, 5.74) is 8.97. The number of carbonyl (C=O) groups excluding carboxylic acids is 1. The van der Waals surface area contributed by atoms with Gasteiger partial charge in [-0.2, -0.15) is 0 Å². The van der Waals surface area contributed by atoms with E-state index in [2.05, 4.69) is 11.4 Å². The molecule has 0 radical (unpaired) electrons. The zero-order chi connectivity index (χ0) is 15.4. The number of hydrogen-bond acceptors (Lipinski definition) is 3. The fraction of sp³-hybridized carbons (Fsp3) is 0.611. The first-order chi connectivity index (χ1) is 10.8. The number of fused-ring (bicyclic) bond motifs is 1. The lowest BCUT2D eigenvalue weighted by molar-refractivity contribution is 0.0892. The molecule has 128 valence electrons. The highest BCUT2D eigenvalue weighted by Crippen LogP contribution is 2.27. The van der Waals surface area contributed by atoms with Crippen molar-refractivity contribution < 1.29 is 9.53 Å². The predicted molar refractivity (Wildman–Crippen MR) is 93.9 cm³/mol. The van der Waals surface area contributed by atoms with Gasteiger partial charge in [-0.15, -0.1) is 12.4 Å². The normalized spacial score (nSPS) is 19.3. The van der Waals surface area contributed by atoms with E-state index in [1.54, 1.807) is 0 Å². The Morgan fingerprint density at radius 1 is 1.30 bits per heavy atom. The van der Waals surface area contributed by atoms with E-state index in [1.165, 1.54) is 37.7 Å². The minimum Gasteiger partial charge on any atom is -0.376 e. The monoisotopic (exact) mass is 338 g/mol. The minimum atomic E-state index is 0. The van der Waals surface area contributed by atoms with Crippen LogP contribution in [0.1, 0.15) is 53.6 Å². The van der Waals surface area contributed by atoms with Gasteiger partial charge in [-0.05, 0) is 42.4 Å². The summed E-state index contributed by atoms with van der Waals surface area (Å²) < 4.78 is 5.53. The van der Waals surface area contributed by atoms with Crippen molar-refractivity contribution in [2.24, 2.45) is 11.7 Å². The summed E-state index contributed by atoms with van der Waals surface area (Å²) in [5, 5.41) is 3.18. The molecule has 0 bridgehead atoms. The third-order valence-electron chi connectivity index (χ3n) is 5.07. The SMILES string of the molecule is Cl.NC[C@H](NC(=O)c1cccc2c1COCC2)C1CCCCC1. The van der Waals surface area contributed by atoms with Gasteiger partial charge in [0, 0.05) is 18.2 Å². The molecular formula is C18H27ClN2O2. The molecule has 0 unspecified atom stereocenters. The van der Waals surface area contributed by atoms with Crippen LogP contribution < -0.4 is 11.1 Å². The average Bonchev–Trinajstić information content (AvgIpc) is 2.59. The van der Waals surface area contributed by atoms with Gasteiger partial charge >= 0.3 is 0 Å². The van der Waals surface area contributed by atoms with Crippen LogP contribution in [0.15, 0.2) is 18.2 Å². The molecule has 3 N–H and O–H groups in total. The van der Waals surface area contributed by atoms with Crippen molar-refractivity contribution in [2.45, 2.75) is 51.2 Å². The van der Waals surface area contributed by atoms with Crippen molar-refractivity contribution in [3.8, 4) is 0 Å². The minimum absolute atomic E-state index is 0. The lowest BCUT2D eigenvalue weighted by Crippen LogP contribution is -2.46. The Bertz CT molecular complexity index is 530. The molecule has 1 amide bonds. The van der Waals surface area contributed by atoms with Gasteiger partial charge in [0.15, 0.2) is 0 Å². The van der Waals surface area contributed by atoms with Gasteiger partial charge in [0.1, 0.15) is 0 Å². The molecule has 1 aromatic rings. The van der Waals surface area contributed by atoms with Crippen LogP contribution in [0.25, 0.3) is 0 Å². The number of nitrogens with one attached hydrogen (secondary N) is 1. The van der Waals surface area contributed by atoms with Crippen molar-refractivity contribution in [3.05, 3.63) is 34.9 Å². The van der Waals surface area contributed by atoms with Crippen molar-refractivity contribution in [1.82, 2.24) is 5.32 Å². The molecular weight excluding hydrogens is 312 g/mol. The van der Waals surface area contributed by atoms with Crippen LogP contribution in [0, 0.1) is 5.92 Å². The summed E-state index contributed by atoms with van der Waals surface area (Å²) in [4.78, 5) is 12.7. The van der Waals surface area contributed by atoms with Gasteiger partial charge < -0.3 is 15.8 Å². The molecule has 1 saturated carbocycles. The summed E-state index contributed by atoms with van der Waals surface area (Å²) in [6, 6.07) is 6.05. The van der Waals surface area contributed by atoms with Crippen molar-refractivity contribution in [1.29, 1.82) is 0 Å². The number of nitrogens with two attached hydrogens (primary N) is 1. The highest BCUT2D eigenvalue weighted by atomic mass is 35.5. The summed E-state index contributed by atoms with van der Waals surface area (Å²) >= 11 is 0. The number of amides is 1. The maximum Gasteiger partial charge on any atom is 0.251 e. The molecule has 1 aromatic carbocycles. The molecule has 3 rings (SSSR count). The van der Waals surface area contributed by atoms with Crippen LogP contribution in [0.3, 0.4) is 0 Å². The number of ether oxygens (including phenoxy) is 1. The quantitative estimate of drug-likeness (QED) is 0.887. The van der Waals surface area contributed by atoms with Gasteiger partial charge in [-0.25, -0.2) is 0 Å². The van der Waals surface area contributed by atoms with Crippen LogP contribution in [0.5, 0.6) is 0 Å². The lowest BCUT2D eigenvalue weighted by Gasteiger charge is -2.30. The van der Waals surface area contributed by atoms with Crippen LogP contribution in [0.2, 0.25) is 0 Å². The molecule has 4 nitrogen and oxygen atoms in total. The predicted octanol–water partition coefficient (Wildman–Crippen LogP) is 2.82. The summed E-state index contributed by atoms with van der Waals surface area (Å²) in [5.74, 6) is 0.530. The smallest absolute Gasteiger partial charge is 0.251 e. The Labute approximate surface area is 144 Å². The Hall–Kier alpha value is -1.10. The maximum atomic E-state index is 12.7. The van der Waals surface area contributed by atoms with Gasteiger partial charge in [-0.1, -0.05) is 31.4 Å². The summed E-state index contributed by atoms with van der Waals surface area (Å²) in [6.45, 7) is 1.79. The fourth-order valence-corrected chi connectivity index (χ4v) is 3.76. The second kappa shape index (κ2) is 8.67. The molecule has 1 aliphatic heterocycles. The number of carbonyl (C=O) groups is 1. The number of hydrogen-bond donors (Lipinski definition) is 2. The standard InChI is InChI=1S/C18H26N2O2.ClH/c19-11-17(14-5-2-1-3-6-14)20-18(21)15-8-4-7-13-9-10-22-12-16(13)15;/h4,7-8,14,17H,1-3,5-6,9-12,19H2,(H,20,21);1H/t17-;/m0./s1. The van der Waals surface area contributed by atoms with Crippen LogP contribution >= 0.6 is 12.4 Å². The van der Waals surface area contributed by atoms with Crippen molar-refractivity contribution >= 4 is 18.3 Å². The van der Waals surface area contributed by atoms with E-state index >= 15 is 0 Å². The van der Waals surface area contributed by atoms with E-state index in [0.29, 0.717) is 19.1 Å². The molecule has 1 heterocycles. The molecule has 5 heteroatoms. The van der Waals surface area contributed by atoms with Crippen LogP contribution in [-0.4, -0.2) is 25.1 Å². The first-order valence-electron chi connectivity index (χ1n) is 8.49. The van der Waals surface area contributed by atoms with E-state index in [1.807, 2.05) is 12.1 Å². The Kier molecular flexibility index (Phi) is 6.88. The first kappa shape index (κ1) is 18.2. The molecule has 0 spiro atoms. The topological polar surface area (TPSA) is 64.3 Å². The third-order valence-corrected chi connectivity index (χ3v) is 5.07. The second-order valence-electron chi connectivity index (χ2n) is 6.46. The van der Waals surface area contributed by atoms with Crippen molar-refractivity contribution in [3.63, 3.8) is 0 Å². The van der Waals surface area contributed by atoms with Gasteiger partial charge in [0.05, 0.1) is 13.2 Å². The number of benzene rings is 1. The molecule has 1 fully saturated rings. The molecule has 1 aliphatic carbocycles. The van der Waals surface area contributed by atoms with E-state index in [4.69, 9.17) is 10.5 Å². The highest BCUT2D eigenvalue weighted by molar-refractivity contribution is 5.96. The number of halogens is 1. The molecule has 0 saturated heterocycles. The molecule has 1 atom stereocenters. The van der Waals surface area contributed by atoms with Gasteiger partial charge in [0.25, 0.3) is 5.91 Å². The Morgan fingerprint density at radius 2 is 2.09 bits per heavy atom. The zero-order valence-electron chi connectivity index (χ0n) is 13.6. The molecule has 2 aliphatic rings. The van der Waals surface area contributed by atoms with Gasteiger partial charge in [0.2, 0.25) is 0 Å². The number of rotatable bonds is 4. The van der Waals surface area contributed by atoms with Crippen LogP contribution in [0.4, 0.5) is 0 Å². The Morgan fingerprint density at radius 3 is 2.83 bits per heavy atom. The van der Waals surface area contributed by atoms with Gasteiger partial charge in [-0.3, -0.25) is 4.79 Å². The van der Waals surface area contributed by atoms with Crippen LogP contribution in [-0.2, 0) is 17.8 Å². The third kappa shape index (κ3) is 4.25. The Balaban J connectivity index is 0.00000192. The van der Waals surface area contributed by atoms with Crippen molar-refractivity contribution in [2.75, 3.05) is 13.2 Å². The summed E-state index contributed by atoms with van der Waals surface area (Å²) in [6.07, 6.45) is 7.07. The van der Waals surface area contributed by atoms with E-state index in [9.17, 15) is 4.79 Å². The average molecular weight is 339 g/mol. The van der Waals surface area contributed by atoms with E-state index < -0.39 is 0 Å². The first-order valence-corrected chi connectivity index (χ1v) is 8.49. The molecule has 23 heavy (non-hydrogen) atoms. The maximum absolute atomic E-state index is 12.7. The second-order valence-corrected chi connectivity index (χ2v) is 6.46. The zero-order valence-corrected chi connectivity index (χ0v) is 14.4. The fourth-order valence-electron chi connectivity index (χ4n) is 3.76. The lowest BCUT2D eigenvalue weighted by atomic mass is 9.83. The summed E-state index contributed by atoms with van der Waals surface area (Å²) in [7, 11) is 0. The molecule has 0 aromatic heterocycles. The largest absolute Gasteiger partial charge is 0.376 e.